The van der Waals surface area contributed by atoms with Crippen molar-refractivity contribution in [2.45, 2.75) is 64.0 Å². The molecule has 1 heterocycles. The lowest BCUT2D eigenvalue weighted by atomic mass is 9.96. The fourth-order valence-corrected chi connectivity index (χ4v) is 4.07. The average Bonchev–Trinajstić information content (AvgIpc) is 3.01. The predicted octanol–water partition coefficient (Wildman–Crippen LogP) is 3.59. The van der Waals surface area contributed by atoms with Crippen LogP contribution in [-0.4, -0.2) is 48.3 Å². The van der Waals surface area contributed by atoms with Crippen molar-refractivity contribution < 1.29 is 24.2 Å². The van der Waals surface area contributed by atoms with Gasteiger partial charge >= 0.3 is 6.09 Å². The molecular weight excluding hydrogens is 372 g/mol. The minimum Gasteiger partial charge on any atom is -0.504 e. The van der Waals surface area contributed by atoms with E-state index in [9.17, 15) is 14.7 Å². The van der Waals surface area contributed by atoms with E-state index in [0.717, 1.165) is 31.2 Å². The summed E-state index contributed by atoms with van der Waals surface area (Å²) in [6, 6.07) is 5.02. The predicted molar refractivity (Wildman–Crippen MR) is 109 cm³/mol. The molecule has 1 saturated heterocycles. The summed E-state index contributed by atoms with van der Waals surface area (Å²) in [4.78, 5) is 26.7. The van der Waals surface area contributed by atoms with E-state index < -0.39 is 0 Å². The van der Waals surface area contributed by atoms with Gasteiger partial charge in [-0.05, 0) is 56.2 Å². The summed E-state index contributed by atoms with van der Waals surface area (Å²) in [6.45, 7) is 1.48. The van der Waals surface area contributed by atoms with Crippen molar-refractivity contribution >= 4 is 12.0 Å². The monoisotopic (exact) mass is 404 g/mol. The normalized spacial score (nSPS) is 18.7. The highest BCUT2D eigenvalue weighted by atomic mass is 16.6. The zero-order valence-corrected chi connectivity index (χ0v) is 17.2. The number of nitrogens with zero attached hydrogens (tertiary/aromatic N) is 1. The Kier molecular flexibility index (Phi) is 7.61. The number of hydrogen-bond acceptors (Lipinski definition) is 5. The smallest absolute Gasteiger partial charge is 0.410 e. The molecule has 0 atom stereocenters. The Bertz CT molecular complexity index is 692. The summed E-state index contributed by atoms with van der Waals surface area (Å²) in [5.41, 5.74) is 0.859. The van der Waals surface area contributed by atoms with Gasteiger partial charge in [-0.25, -0.2) is 4.79 Å². The van der Waals surface area contributed by atoms with Crippen molar-refractivity contribution in [2.75, 3.05) is 20.2 Å². The van der Waals surface area contributed by atoms with E-state index in [1.165, 1.54) is 20.0 Å². The van der Waals surface area contributed by atoms with Crippen LogP contribution in [0.3, 0.4) is 0 Å². The number of likely N-dealkylation sites (tertiary alicyclic amines) is 1. The largest absolute Gasteiger partial charge is 0.504 e. The number of nitrogens with one attached hydrogen (secondary N) is 1. The Morgan fingerprint density at radius 2 is 1.79 bits per heavy atom. The number of rotatable bonds is 5. The molecule has 1 aliphatic heterocycles. The van der Waals surface area contributed by atoms with Crippen molar-refractivity contribution in [3.05, 3.63) is 23.8 Å². The second kappa shape index (κ2) is 10.4. The lowest BCUT2D eigenvalue weighted by Crippen LogP contribution is -2.43. The number of methoxy groups -OCH3 is 1. The number of hydrogen-bond donors (Lipinski definition) is 2. The van der Waals surface area contributed by atoms with Gasteiger partial charge < -0.3 is 24.8 Å². The van der Waals surface area contributed by atoms with Crippen molar-refractivity contribution in [3.8, 4) is 11.5 Å². The molecule has 0 unspecified atom stereocenters. The topological polar surface area (TPSA) is 88.1 Å². The van der Waals surface area contributed by atoms with E-state index in [1.54, 1.807) is 23.1 Å². The molecule has 7 nitrogen and oxygen atoms in total. The Balaban J connectivity index is 1.41. The summed E-state index contributed by atoms with van der Waals surface area (Å²) < 4.78 is 10.8. The molecule has 0 spiro atoms. The van der Waals surface area contributed by atoms with Crippen LogP contribution in [-0.2, 0) is 16.1 Å². The second-order valence-electron chi connectivity index (χ2n) is 7.98. The summed E-state index contributed by atoms with van der Waals surface area (Å²) in [5.74, 6) is 0.354. The van der Waals surface area contributed by atoms with Gasteiger partial charge in [-0.2, -0.15) is 0 Å². The molecule has 0 bridgehead atoms. The number of carbonyl (C=O) groups excluding carboxylic acids is 2. The van der Waals surface area contributed by atoms with Crippen LogP contribution in [0.25, 0.3) is 0 Å². The van der Waals surface area contributed by atoms with E-state index in [1.807, 2.05) is 0 Å². The van der Waals surface area contributed by atoms with Gasteiger partial charge in [-0.3, -0.25) is 4.79 Å². The van der Waals surface area contributed by atoms with Gasteiger partial charge in [-0.1, -0.05) is 18.9 Å². The molecule has 29 heavy (non-hydrogen) atoms. The first kappa shape index (κ1) is 21.3. The molecule has 0 radical (unpaired) electrons. The molecule has 1 aromatic carbocycles. The number of ether oxygens (including phenoxy) is 2. The third kappa shape index (κ3) is 6.02. The van der Waals surface area contributed by atoms with Crippen molar-refractivity contribution in [2.24, 2.45) is 5.92 Å². The van der Waals surface area contributed by atoms with Crippen LogP contribution in [0.1, 0.15) is 56.9 Å². The van der Waals surface area contributed by atoms with E-state index >= 15 is 0 Å². The van der Waals surface area contributed by atoms with Gasteiger partial charge in [0.2, 0.25) is 5.91 Å². The van der Waals surface area contributed by atoms with Gasteiger partial charge in [0, 0.05) is 25.6 Å². The average molecular weight is 405 g/mol. The standard InChI is InChI=1S/C22H32N2O5/c1-28-20-14-16(8-9-19(20)25)15-23-21(26)17-10-12-24(13-11-17)22(27)29-18-6-4-2-3-5-7-18/h8-9,14,17-18,25H,2-7,10-13,15H2,1H3,(H,23,26). The Hall–Kier alpha value is -2.44. The molecule has 7 heteroatoms. The zero-order chi connectivity index (χ0) is 20.6. The van der Waals surface area contributed by atoms with E-state index in [-0.39, 0.29) is 29.8 Å². The first-order valence-corrected chi connectivity index (χ1v) is 10.7. The van der Waals surface area contributed by atoms with Crippen LogP contribution in [0.2, 0.25) is 0 Å². The van der Waals surface area contributed by atoms with Gasteiger partial charge in [0.05, 0.1) is 7.11 Å². The lowest BCUT2D eigenvalue weighted by Gasteiger charge is -2.31. The third-order valence-electron chi connectivity index (χ3n) is 5.90. The van der Waals surface area contributed by atoms with Gasteiger partial charge in [0.15, 0.2) is 11.5 Å². The minimum absolute atomic E-state index is 0.00572. The molecule has 2 N–H and O–H groups in total. The van der Waals surface area contributed by atoms with Crippen molar-refractivity contribution in [1.29, 1.82) is 0 Å². The molecule has 0 aromatic heterocycles. The lowest BCUT2D eigenvalue weighted by molar-refractivity contribution is -0.126. The highest BCUT2D eigenvalue weighted by Crippen LogP contribution is 2.26. The number of aromatic hydroxyl groups is 1. The quantitative estimate of drug-likeness (QED) is 0.732. The number of amides is 2. The first-order chi connectivity index (χ1) is 14.1. The molecule has 1 saturated carbocycles. The zero-order valence-electron chi connectivity index (χ0n) is 17.2. The fraction of sp³-hybridized carbons (Fsp3) is 0.636. The van der Waals surface area contributed by atoms with Gasteiger partial charge in [0.25, 0.3) is 0 Å². The summed E-state index contributed by atoms with van der Waals surface area (Å²) in [5, 5.41) is 12.6. The summed E-state index contributed by atoms with van der Waals surface area (Å²) >= 11 is 0. The Morgan fingerprint density at radius 3 is 2.45 bits per heavy atom. The van der Waals surface area contributed by atoms with Crippen LogP contribution >= 0.6 is 0 Å². The van der Waals surface area contributed by atoms with Crippen LogP contribution in [0.4, 0.5) is 4.79 Å². The number of piperidine rings is 1. The number of benzene rings is 1. The number of phenols is 1. The minimum atomic E-state index is -0.230. The number of carbonyl (C=O) groups is 2. The SMILES string of the molecule is COc1cc(CNC(=O)C2CCN(C(=O)OC3CCCCCC3)CC2)ccc1O. The molecule has 160 valence electrons. The molecule has 1 aliphatic carbocycles. The maximum Gasteiger partial charge on any atom is 0.410 e. The molecular formula is C22H32N2O5. The molecule has 2 aliphatic rings. The van der Waals surface area contributed by atoms with Crippen LogP contribution < -0.4 is 10.1 Å². The molecule has 2 fully saturated rings. The highest BCUT2D eigenvalue weighted by molar-refractivity contribution is 5.79. The van der Waals surface area contributed by atoms with Crippen molar-refractivity contribution in [3.63, 3.8) is 0 Å². The maximum atomic E-state index is 12.5. The van der Waals surface area contributed by atoms with Crippen LogP contribution in [0.5, 0.6) is 11.5 Å². The van der Waals surface area contributed by atoms with Crippen LogP contribution in [0.15, 0.2) is 18.2 Å². The molecule has 3 rings (SSSR count). The van der Waals surface area contributed by atoms with E-state index in [0.29, 0.717) is 38.2 Å². The first-order valence-electron chi connectivity index (χ1n) is 10.7. The van der Waals surface area contributed by atoms with Crippen LogP contribution in [0, 0.1) is 5.92 Å². The fourth-order valence-electron chi connectivity index (χ4n) is 4.07. The highest BCUT2D eigenvalue weighted by Gasteiger charge is 2.29. The van der Waals surface area contributed by atoms with Gasteiger partial charge in [-0.15, -0.1) is 0 Å². The van der Waals surface area contributed by atoms with Crippen molar-refractivity contribution in [1.82, 2.24) is 10.2 Å². The van der Waals surface area contributed by atoms with E-state index in [4.69, 9.17) is 9.47 Å². The van der Waals surface area contributed by atoms with E-state index in [2.05, 4.69) is 5.32 Å². The Morgan fingerprint density at radius 1 is 1.10 bits per heavy atom. The summed E-state index contributed by atoms with van der Waals surface area (Å²) in [6.07, 6.45) is 7.76. The number of phenolic OH excluding ortho intramolecular Hbond substituents is 1. The molecule has 1 aromatic rings. The second-order valence-corrected chi connectivity index (χ2v) is 7.98. The van der Waals surface area contributed by atoms with Gasteiger partial charge in [0.1, 0.15) is 6.10 Å². The third-order valence-corrected chi connectivity index (χ3v) is 5.90. The summed E-state index contributed by atoms with van der Waals surface area (Å²) in [7, 11) is 1.49. The maximum absolute atomic E-state index is 12.5. The molecule has 2 amide bonds. The Labute approximate surface area is 172 Å².